The molecule has 0 radical (unpaired) electrons. The fourth-order valence-electron chi connectivity index (χ4n) is 1.52. The number of nitrogens with zero attached hydrogens (tertiary/aromatic N) is 4. The lowest BCUT2D eigenvalue weighted by Crippen LogP contribution is -2.27. The number of nitrogens with one attached hydrogen (secondary N) is 1. The van der Waals surface area contributed by atoms with Crippen LogP contribution in [0.3, 0.4) is 0 Å². The highest BCUT2D eigenvalue weighted by molar-refractivity contribution is 5.84. The Bertz CT molecular complexity index is 663. The molecule has 0 aliphatic carbocycles. The molecule has 1 N–H and O–H groups in total. The zero-order chi connectivity index (χ0) is 15.6. The van der Waals surface area contributed by atoms with E-state index in [1.807, 2.05) is 0 Å². The molecule has 0 unspecified atom stereocenters. The molecular weight excluding hydrogens is 277 g/mol. The smallest absolute Gasteiger partial charge is 0.413 e. The molecule has 1 amide bonds. The third kappa shape index (κ3) is 3.98. The van der Waals surface area contributed by atoms with Gasteiger partial charge in [0.2, 0.25) is 0 Å². The Morgan fingerprint density at radius 2 is 2.05 bits per heavy atom. The molecule has 0 aromatic carbocycles. The second-order valence-electron chi connectivity index (χ2n) is 5.41. The summed E-state index contributed by atoms with van der Waals surface area (Å²) in [5, 5.41) is 10.7. The van der Waals surface area contributed by atoms with Gasteiger partial charge in [-0.1, -0.05) is 0 Å². The minimum atomic E-state index is -0.630. The van der Waals surface area contributed by atoms with E-state index < -0.39 is 17.5 Å². The number of rotatable bonds is 2. The number of carbonyl (C=O) groups excluding carboxylic acids is 1. The van der Waals surface area contributed by atoms with Crippen LogP contribution in [0.1, 0.15) is 26.5 Å². The van der Waals surface area contributed by atoms with Crippen molar-refractivity contribution in [1.29, 1.82) is 0 Å². The van der Waals surface area contributed by atoms with Crippen molar-refractivity contribution in [2.45, 2.75) is 33.3 Å². The first-order valence-corrected chi connectivity index (χ1v) is 6.29. The molecule has 0 bridgehead atoms. The second-order valence-corrected chi connectivity index (χ2v) is 5.41. The maximum atomic E-state index is 13.1. The summed E-state index contributed by atoms with van der Waals surface area (Å²) in [4.78, 5) is 16.6. The molecule has 0 fully saturated rings. The topological polar surface area (TPSA) is 81.9 Å². The van der Waals surface area contributed by atoms with E-state index in [-0.39, 0.29) is 5.82 Å². The van der Waals surface area contributed by atoms with Crippen molar-refractivity contribution in [1.82, 2.24) is 20.0 Å². The molecule has 2 heterocycles. The monoisotopic (exact) mass is 293 g/mol. The van der Waals surface area contributed by atoms with Gasteiger partial charge in [0.05, 0.1) is 12.4 Å². The van der Waals surface area contributed by atoms with Crippen LogP contribution in [0.4, 0.5) is 15.0 Å². The molecule has 0 aliphatic heterocycles. The Balaban J connectivity index is 2.18. The number of amides is 1. The maximum absolute atomic E-state index is 13.1. The molecule has 0 spiro atoms. The summed E-state index contributed by atoms with van der Waals surface area (Å²) in [7, 11) is 0. The minimum absolute atomic E-state index is 0.244. The summed E-state index contributed by atoms with van der Waals surface area (Å²) in [5.74, 6) is -0.252. The van der Waals surface area contributed by atoms with Crippen LogP contribution in [0.15, 0.2) is 18.5 Å². The lowest BCUT2D eigenvalue weighted by molar-refractivity contribution is 0.0635. The predicted molar refractivity (Wildman–Crippen MR) is 73.7 cm³/mol. The van der Waals surface area contributed by atoms with Crippen molar-refractivity contribution in [3.8, 4) is 5.69 Å². The van der Waals surface area contributed by atoms with Crippen LogP contribution in [0.5, 0.6) is 0 Å². The zero-order valence-electron chi connectivity index (χ0n) is 12.2. The molecule has 7 nitrogen and oxygen atoms in total. The zero-order valence-corrected chi connectivity index (χ0v) is 12.2. The Labute approximate surface area is 121 Å². The molecule has 0 saturated heterocycles. The number of carbonyl (C=O) groups is 1. The number of anilines is 1. The number of pyridine rings is 1. The van der Waals surface area contributed by atoms with Crippen LogP contribution in [0.25, 0.3) is 5.69 Å². The highest BCUT2D eigenvalue weighted by Gasteiger charge is 2.18. The van der Waals surface area contributed by atoms with E-state index >= 15 is 0 Å². The Morgan fingerprint density at radius 3 is 2.67 bits per heavy atom. The van der Waals surface area contributed by atoms with Crippen LogP contribution in [0.2, 0.25) is 0 Å². The van der Waals surface area contributed by atoms with E-state index in [1.165, 1.54) is 17.1 Å². The lowest BCUT2D eigenvalue weighted by Gasteiger charge is -2.19. The van der Waals surface area contributed by atoms with Crippen molar-refractivity contribution in [2.75, 3.05) is 5.32 Å². The van der Waals surface area contributed by atoms with Crippen LogP contribution in [-0.4, -0.2) is 31.7 Å². The van der Waals surface area contributed by atoms with Crippen molar-refractivity contribution in [3.05, 3.63) is 30.0 Å². The average Bonchev–Trinajstić information content (AvgIpc) is 2.68. The Morgan fingerprint density at radius 1 is 1.33 bits per heavy atom. The molecule has 8 heteroatoms. The molecule has 112 valence electrons. The maximum Gasteiger partial charge on any atom is 0.413 e. The van der Waals surface area contributed by atoms with E-state index in [0.29, 0.717) is 11.4 Å². The summed E-state index contributed by atoms with van der Waals surface area (Å²) in [5.41, 5.74) is 0.223. The van der Waals surface area contributed by atoms with Crippen molar-refractivity contribution < 1.29 is 13.9 Å². The van der Waals surface area contributed by atoms with Gasteiger partial charge in [-0.15, -0.1) is 9.90 Å². The van der Waals surface area contributed by atoms with Gasteiger partial charge in [0.1, 0.15) is 22.8 Å². The van der Waals surface area contributed by atoms with Gasteiger partial charge in [-0.3, -0.25) is 10.3 Å². The standard InChI is InChI=1S/C13H16FN5O2/c1-8-11(16-12(20)21-13(2,3)4)18-19(17-8)10-5-9(14)6-15-7-10/h5-7H,1-4H3,(H,16,18,20). The van der Waals surface area contributed by atoms with Crippen LogP contribution < -0.4 is 5.32 Å². The SMILES string of the molecule is Cc1nn(-c2cncc(F)c2)nc1NC(=O)OC(C)(C)C. The van der Waals surface area contributed by atoms with Gasteiger partial charge in [0.15, 0.2) is 5.82 Å². The second kappa shape index (κ2) is 5.47. The van der Waals surface area contributed by atoms with Gasteiger partial charge < -0.3 is 4.74 Å². The third-order valence-corrected chi connectivity index (χ3v) is 2.32. The van der Waals surface area contributed by atoms with Crippen molar-refractivity contribution in [3.63, 3.8) is 0 Å². The van der Waals surface area contributed by atoms with Gasteiger partial charge in [-0.2, -0.15) is 5.10 Å². The first-order chi connectivity index (χ1) is 9.74. The molecule has 0 atom stereocenters. The number of halogens is 1. The van der Waals surface area contributed by atoms with Gasteiger partial charge in [-0.25, -0.2) is 9.18 Å². The van der Waals surface area contributed by atoms with E-state index in [2.05, 4.69) is 20.5 Å². The molecular formula is C13H16FN5O2. The Kier molecular flexibility index (Phi) is 3.88. The first kappa shape index (κ1) is 14.9. The van der Waals surface area contributed by atoms with Crippen LogP contribution >= 0.6 is 0 Å². The summed E-state index contributed by atoms with van der Waals surface area (Å²) >= 11 is 0. The molecule has 2 rings (SSSR count). The predicted octanol–water partition coefficient (Wildman–Crippen LogP) is 2.46. The highest BCUT2D eigenvalue weighted by atomic mass is 19.1. The van der Waals surface area contributed by atoms with Crippen molar-refractivity contribution >= 4 is 11.9 Å². The highest BCUT2D eigenvalue weighted by Crippen LogP contribution is 2.14. The molecule has 0 aliphatic rings. The van der Waals surface area contributed by atoms with Gasteiger partial charge in [0.25, 0.3) is 0 Å². The molecule has 2 aromatic heterocycles. The molecule has 2 aromatic rings. The third-order valence-electron chi connectivity index (χ3n) is 2.32. The molecule has 21 heavy (non-hydrogen) atoms. The number of aryl methyl sites for hydroxylation is 1. The van der Waals surface area contributed by atoms with Gasteiger partial charge >= 0.3 is 6.09 Å². The lowest BCUT2D eigenvalue weighted by atomic mass is 10.2. The summed E-state index contributed by atoms with van der Waals surface area (Å²) in [6.07, 6.45) is 1.87. The fraction of sp³-hybridized carbons (Fsp3) is 0.385. The summed E-state index contributed by atoms with van der Waals surface area (Å²) in [6, 6.07) is 1.24. The average molecular weight is 293 g/mol. The fourth-order valence-corrected chi connectivity index (χ4v) is 1.52. The minimum Gasteiger partial charge on any atom is -0.444 e. The van der Waals surface area contributed by atoms with E-state index in [4.69, 9.17) is 4.74 Å². The Hall–Kier alpha value is -2.51. The van der Waals surface area contributed by atoms with E-state index in [1.54, 1.807) is 27.7 Å². The number of ether oxygens (including phenoxy) is 1. The van der Waals surface area contributed by atoms with Crippen LogP contribution in [0, 0.1) is 12.7 Å². The summed E-state index contributed by atoms with van der Waals surface area (Å²) in [6.45, 7) is 6.95. The number of hydrogen-bond acceptors (Lipinski definition) is 5. The largest absolute Gasteiger partial charge is 0.444 e. The quantitative estimate of drug-likeness (QED) is 0.919. The van der Waals surface area contributed by atoms with Gasteiger partial charge in [-0.05, 0) is 27.7 Å². The molecule has 0 saturated carbocycles. The van der Waals surface area contributed by atoms with E-state index in [9.17, 15) is 9.18 Å². The first-order valence-electron chi connectivity index (χ1n) is 6.29. The van der Waals surface area contributed by atoms with Crippen molar-refractivity contribution in [2.24, 2.45) is 0 Å². The van der Waals surface area contributed by atoms with Gasteiger partial charge in [0, 0.05) is 6.07 Å². The normalized spacial score (nSPS) is 11.3. The van der Waals surface area contributed by atoms with Crippen LogP contribution in [-0.2, 0) is 4.74 Å². The number of hydrogen-bond donors (Lipinski definition) is 1. The number of aromatic nitrogens is 4. The summed E-state index contributed by atoms with van der Waals surface area (Å²) < 4.78 is 18.3. The van der Waals surface area contributed by atoms with E-state index in [0.717, 1.165) is 6.20 Å².